The summed E-state index contributed by atoms with van der Waals surface area (Å²) in [6, 6.07) is 12.9. The van der Waals surface area contributed by atoms with E-state index in [1.807, 2.05) is 17.0 Å². The number of fused-ring (bicyclic) bond motifs is 4. The Labute approximate surface area is 212 Å². The molecule has 0 spiro atoms. The molecule has 36 heavy (non-hydrogen) atoms. The number of aromatic nitrogens is 2. The van der Waals surface area contributed by atoms with Crippen LogP contribution >= 0.6 is 0 Å². The number of ether oxygens (including phenoxy) is 1. The van der Waals surface area contributed by atoms with Crippen molar-refractivity contribution in [2.45, 2.75) is 83.5 Å². The Balaban J connectivity index is 1.44. The highest BCUT2D eigenvalue weighted by Gasteiger charge is 2.33. The molecule has 1 aliphatic carbocycles. The zero-order valence-corrected chi connectivity index (χ0v) is 21.2. The number of benzene rings is 2. The summed E-state index contributed by atoms with van der Waals surface area (Å²) in [5, 5.41) is 0. The summed E-state index contributed by atoms with van der Waals surface area (Å²) < 4.78 is 7.53. The number of hydrogen-bond donors (Lipinski definition) is 0. The van der Waals surface area contributed by atoms with Crippen LogP contribution in [-0.4, -0.2) is 39.6 Å². The Morgan fingerprint density at radius 2 is 1.83 bits per heavy atom. The molecule has 3 heterocycles. The molecular formula is C29H34N4O3. The predicted octanol–water partition coefficient (Wildman–Crippen LogP) is 5.53. The molecule has 6 rings (SSSR count). The summed E-state index contributed by atoms with van der Waals surface area (Å²) in [4.78, 5) is 34.7. The minimum absolute atomic E-state index is 0.0772. The lowest BCUT2D eigenvalue weighted by molar-refractivity contribution is -0.132. The van der Waals surface area contributed by atoms with Crippen LogP contribution in [0, 0.1) is 0 Å². The van der Waals surface area contributed by atoms with Gasteiger partial charge in [-0.2, -0.15) is 0 Å². The van der Waals surface area contributed by atoms with Crippen LogP contribution < -0.4 is 4.90 Å². The number of rotatable bonds is 3. The van der Waals surface area contributed by atoms with Gasteiger partial charge in [-0.05, 0) is 55.9 Å². The number of amides is 2. The fourth-order valence-corrected chi connectivity index (χ4v) is 6.45. The summed E-state index contributed by atoms with van der Waals surface area (Å²) in [5.41, 5.74) is 6.46. The monoisotopic (exact) mass is 486 g/mol. The minimum Gasteiger partial charge on any atom is -0.452 e. The minimum atomic E-state index is -0.327. The third kappa shape index (κ3) is 3.85. The fraction of sp³-hybridized carbons (Fsp3) is 0.483. The van der Waals surface area contributed by atoms with Crippen LogP contribution in [0.25, 0.3) is 11.0 Å². The van der Waals surface area contributed by atoms with E-state index in [1.54, 1.807) is 4.90 Å². The normalized spacial score (nSPS) is 20.4. The molecule has 1 fully saturated rings. The Bertz CT molecular complexity index is 1320. The second-order valence-electron chi connectivity index (χ2n) is 10.5. The first-order valence-corrected chi connectivity index (χ1v) is 13.3. The van der Waals surface area contributed by atoms with E-state index in [1.165, 1.54) is 31.9 Å². The number of anilines is 1. The zero-order chi connectivity index (χ0) is 24.8. The van der Waals surface area contributed by atoms with Gasteiger partial charge in [0.05, 0.1) is 36.8 Å². The third-order valence-corrected chi connectivity index (χ3v) is 8.35. The highest BCUT2D eigenvalue weighted by molar-refractivity contribution is 5.95. The van der Waals surface area contributed by atoms with E-state index >= 15 is 0 Å². The van der Waals surface area contributed by atoms with Crippen LogP contribution in [-0.2, 0) is 35.5 Å². The quantitative estimate of drug-likeness (QED) is 0.488. The van der Waals surface area contributed by atoms with Gasteiger partial charge < -0.3 is 14.2 Å². The number of aryl methyl sites for hydroxylation is 1. The molecule has 0 N–H and O–H groups in total. The molecule has 3 aliphatic rings. The molecule has 1 atom stereocenters. The first kappa shape index (κ1) is 23.1. The second kappa shape index (κ2) is 9.26. The molecule has 3 aromatic rings. The first-order valence-electron chi connectivity index (χ1n) is 13.3. The number of carbonyl (C=O) groups excluding carboxylic acids is 2. The van der Waals surface area contributed by atoms with Gasteiger partial charge in [-0.3, -0.25) is 9.69 Å². The van der Waals surface area contributed by atoms with Crippen molar-refractivity contribution in [3.8, 4) is 0 Å². The standard InChI is InChI=1S/C29H34N4O3/c1-19-12-13-23-24(32(19)29(35)36-2)14-15-25-28(23)30-26(33(25)22-10-4-3-5-11-22)18-31-17-21-9-7-6-8-20(21)16-27(31)34/h6-9,14-15,19,22H,3-5,10-13,16-18H2,1-2H3/t19-/m0/s1. The summed E-state index contributed by atoms with van der Waals surface area (Å²) in [6.07, 6.45) is 7.86. The molecule has 2 aromatic carbocycles. The van der Waals surface area contributed by atoms with Gasteiger partial charge in [0.1, 0.15) is 5.82 Å². The summed E-state index contributed by atoms with van der Waals surface area (Å²) in [6.45, 7) is 3.19. The van der Waals surface area contributed by atoms with Gasteiger partial charge >= 0.3 is 6.09 Å². The predicted molar refractivity (Wildman–Crippen MR) is 139 cm³/mol. The van der Waals surface area contributed by atoms with Gasteiger partial charge in [-0.1, -0.05) is 43.5 Å². The molecule has 7 nitrogen and oxygen atoms in total. The van der Waals surface area contributed by atoms with Crippen LogP contribution in [0.3, 0.4) is 0 Å². The third-order valence-electron chi connectivity index (χ3n) is 8.35. The molecule has 188 valence electrons. The maximum absolute atomic E-state index is 13.1. The molecule has 0 radical (unpaired) electrons. The lowest BCUT2D eigenvalue weighted by atomic mass is 9.94. The highest BCUT2D eigenvalue weighted by atomic mass is 16.5. The van der Waals surface area contributed by atoms with Crippen molar-refractivity contribution < 1.29 is 14.3 Å². The van der Waals surface area contributed by atoms with Crippen molar-refractivity contribution in [1.29, 1.82) is 0 Å². The smallest absolute Gasteiger partial charge is 0.414 e. The maximum Gasteiger partial charge on any atom is 0.414 e. The van der Waals surface area contributed by atoms with Crippen LogP contribution in [0.5, 0.6) is 0 Å². The van der Waals surface area contributed by atoms with Crippen LogP contribution in [0.4, 0.5) is 10.5 Å². The summed E-state index contributed by atoms with van der Waals surface area (Å²) >= 11 is 0. The van der Waals surface area contributed by atoms with Crippen LogP contribution in [0.15, 0.2) is 36.4 Å². The van der Waals surface area contributed by atoms with Crippen LogP contribution in [0.2, 0.25) is 0 Å². The van der Waals surface area contributed by atoms with Gasteiger partial charge in [-0.25, -0.2) is 9.78 Å². The van der Waals surface area contributed by atoms with E-state index in [0.717, 1.165) is 59.4 Å². The molecule has 7 heteroatoms. The van der Waals surface area contributed by atoms with Gasteiger partial charge in [0.25, 0.3) is 0 Å². The lowest BCUT2D eigenvalue weighted by Crippen LogP contribution is -2.42. The van der Waals surface area contributed by atoms with Crippen molar-refractivity contribution in [3.05, 3.63) is 58.9 Å². The van der Waals surface area contributed by atoms with E-state index in [4.69, 9.17) is 9.72 Å². The molecule has 0 saturated heterocycles. The van der Waals surface area contributed by atoms with E-state index in [-0.39, 0.29) is 18.0 Å². The Morgan fingerprint density at radius 1 is 1.06 bits per heavy atom. The second-order valence-corrected chi connectivity index (χ2v) is 10.5. The molecule has 2 aliphatic heterocycles. The zero-order valence-electron chi connectivity index (χ0n) is 21.2. The number of carbonyl (C=O) groups is 2. The fourth-order valence-electron chi connectivity index (χ4n) is 6.45. The SMILES string of the molecule is COC(=O)N1c2ccc3c(nc(CN4Cc5ccccc5CC4=O)n3C3CCCCC3)c2CC[C@@H]1C. The average molecular weight is 487 g/mol. The van der Waals surface area contributed by atoms with E-state index < -0.39 is 0 Å². The molecule has 2 amide bonds. The molecule has 1 saturated carbocycles. The molecule has 0 unspecified atom stereocenters. The van der Waals surface area contributed by atoms with Crippen molar-refractivity contribution in [1.82, 2.24) is 14.5 Å². The Morgan fingerprint density at radius 3 is 2.61 bits per heavy atom. The van der Waals surface area contributed by atoms with E-state index in [9.17, 15) is 9.59 Å². The Hall–Kier alpha value is -3.35. The number of methoxy groups -OCH3 is 1. The van der Waals surface area contributed by atoms with Crippen molar-refractivity contribution >= 4 is 28.7 Å². The molecule has 0 bridgehead atoms. The first-order chi connectivity index (χ1) is 17.5. The molecular weight excluding hydrogens is 452 g/mol. The largest absolute Gasteiger partial charge is 0.452 e. The van der Waals surface area contributed by atoms with Crippen LogP contribution in [0.1, 0.15) is 74.0 Å². The van der Waals surface area contributed by atoms with Crippen molar-refractivity contribution in [2.24, 2.45) is 0 Å². The lowest BCUT2D eigenvalue weighted by Gasteiger charge is -2.34. The van der Waals surface area contributed by atoms with E-state index in [2.05, 4.69) is 35.8 Å². The number of imidazole rings is 1. The van der Waals surface area contributed by atoms with Gasteiger partial charge in [0, 0.05) is 24.2 Å². The number of hydrogen-bond acceptors (Lipinski definition) is 4. The Kier molecular flexibility index (Phi) is 5.94. The van der Waals surface area contributed by atoms with Crippen molar-refractivity contribution in [2.75, 3.05) is 12.0 Å². The van der Waals surface area contributed by atoms with Gasteiger partial charge in [-0.15, -0.1) is 0 Å². The molecule has 1 aromatic heterocycles. The van der Waals surface area contributed by atoms with Gasteiger partial charge in [0.2, 0.25) is 5.91 Å². The maximum atomic E-state index is 13.1. The van der Waals surface area contributed by atoms with E-state index in [0.29, 0.717) is 25.6 Å². The average Bonchev–Trinajstić information content (AvgIpc) is 3.27. The van der Waals surface area contributed by atoms with Crippen molar-refractivity contribution in [3.63, 3.8) is 0 Å². The summed E-state index contributed by atoms with van der Waals surface area (Å²) in [7, 11) is 1.44. The van der Waals surface area contributed by atoms with Gasteiger partial charge in [0.15, 0.2) is 0 Å². The topological polar surface area (TPSA) is 67.7 Å². The summed E-state index contributed by atoms with van der Waals surface area (Å²) in [5.74, 6) is 1.12. The highest BCUT2D eigenvalue weighted by Crippen LogP contribution is 2.40. The number of nitrogens with zero attached hydrogens (tertiary/aromatic N) is 4.